The molecule has 0 heterocycles. The molecule has 2 aromatic rings. The molecular weight excluding hydrogens is 342 g/mol. The van der Waals surface area contributed by atoms with Gasteiger partial charge in [0.05, 0.1) is 0 Å². The Morgan fingerprint density at radius 3 is 1.77 bits per heavy atom. The van der Waals surface area contributed by atoms with E-state index >= 15 is 0 Å². The largest absolute Gasteiger partial charge is 0.326 e. The number of hydrogen-bond acceptors (Lipinski definition) is 1. The molecular formula is C22H32ClN3. The Balaban J connectivity index is 0.00000338. The Labute approximate surface area is 164 Å². The Bertz CT molecular complexity index is 650. The van der Waals surface area contributed by atoms with Crippen molar-refractivity contribution in [1.29, 1.82) is 5.41 Å². The van der Waals surface area contributed by atoms with Crippen LogP contribution in [-0.2, 0) is 12.8 Å². The van der Waals surface area contributed by atoms with E-state index in [2.05, 4.69) is 67.7 Å². The molecule has 0 aliphatic rings. The van der Waals surface area contributed by atoms with Crippen LogP contribution in [0.1, 0.15) is 50.7 Å². The number of anilines is 2. The van der Waals surface area contributed by atoms with Gasteiger partial charge in [-0.15, -0.1) is 12.4 Å². The topological polar surface area (TPSA) is 39.1 Å². The summed E-state index contributed by atoms with van der Waals surface area (Å²) >= 11 is 0. The summed E-state index contributed by atoms with van der Waals surface area (Å²) in [4.78, 5) is 1.87. The molecule has 4 heteroatoms. The number of guanidine groups is 1. The van der Waals surface area contributed by atoms with Crippen LogP contribution in [0.4, 0.5) is 11.4 Å². The van der Waals surface area contributed by atoms with Crippen LogP contribution in [-0.4, -0.2) is 13.0 Å². The van der Waals surface area contributed by atoms with Gasteiger partial charge in [0.2, 0.25) is 0 Å². The molecule has 2 rings (SSSR count). The Morgan fingerprint density at radius 2 is 1.31 bits per heavy atom. The maximum absolute atomic E-state index is 8.31. The minimum atomic E-state index is 0. The molecule has 0 amide bonds. The van der Waals surface area contributed by atoms with Crippen LogP contribution in [0, 0.1) is 5.41 Å². The molecule has 0 bridgehead atoms. The second kappa shape index (κ2) is 11.6. The summed E-state index contributed by atoms with van der Waals surface area (Å²) in [6.07, 6.45) is 7.12. The van der Waals surface area contributed by atoms with Crippen LogP contribution in [0.3, 0.4) is 0 Å². The lowest BCUT2D eigenvalue weighted by Gasteiger charge is -2.21. The average Bonchev–Trinajstić information content (AvgIpc) is 2.65. The molecule has 3 nitrogen and oxygen atoms in total. The third-order valence-corrected chi connectivity index (χ3v) is 4.51. The van der Waals surface area contributed by atoms with Crippen LogP contribution >= 0.6 is 12.4 Å². The third kappa shape index (κ3) is 6.72. The normalized spacial score (nSPS) is 10.1. The first-order chi connectivity index (χ1) is 12.1. The Kier molecular flexibility index (Phi) is 9.82. The molecule has 0 atom stereocenters. The van der Waals surface area contributed by atoms with Gasteiger partial charge in [-0.3, -0.25) is 5.41 Å². The monoisotopic (exact) mass is 373 g/mol. The highest BCUT2D eigenvalue weighted by Crippen LogP contribution is 2.17. The van der Waals surface area contributed by atoms with E-state index in [1.54, 1.807) is 0 Å². The molecule has 0 aliphatic heterocycles. The van der Waals surface area contributed by atoms with Crippen molar-refractivity contribution in [2.75, 3.05) is 17.3 Å². The molecule has 142 valence electrons. The maximum Gasteiger partial charge on any atom is 0.199 e. The Hall–Kier alpha value is -2.00. The molecule has 2 N–H and O–H groups in total. The standard InChI is InChI=1S/C22H31N3.ClH/c1-4-6-8-18-10-14-20(15-11-18)24-22(23)25(3)21-16-12-19(13-17-21)9-7-5-2;/h10-17H,4-9H2,1-3H3,(H2,23,24);1H. The highest BCUT2D eigenvalue weighted by atomic mass is 35.5. The molecule has 0 unspecified atom stereocenters. The Morgan fingerprint density at radius 1 is 0.846 bits per heavy atom. The number of nitrogens with zero attached hydrogens (tertiary/aromatic N) is 1. The van der Waals surface area contributed by atoms with Gasteiger partial charge in [-0.25, -0.2) is 0 Å². The predicted molar refractivity (Wildman–Crippen MR) is 117 cm³/mol. The van der Waals surface area contributed by atoms with E-state index in [1.807, 2.05) is 11.9 Å². The molecule has 2 aromatic carbocycles. The highest BCUT2D eigenvalue weighted by Gasteiger charge is 2.07. The number of unbranched alkanes of at least 4 members (excludes halogenated alkanes) is 2. The van der Waals surface area contributed by atoms with Crippen molar-refractivity contribution < 1.29 is 0 Å². The van der Waals surface area contributed by atoms with Crippen molar-refractivity contribution in [3.05, 3.63) is 59.7 Å². The van der Waals surface area contributed by atoms with Crippen LogP contribution in [0.5, 0.6) is 0 Å². The second-order valence-corrected chi connectivity index (χ2v) is 6.60. The summed E-state index contributed by atoms with van der Waals surface area (Å²) in [5.74, 6) is 0.377. The van der Waals surface area contributed by atoms with Gasteiger partial charge in [-0.1, -0.05) is 51.0 Å². The molecule has 0 aromatic heterocycles. The lowest BCUT2D eigenvalue weighted by molar-refractivity contribution is 0.795. The van der Waals surface area contributed by atoms with Crippen molar-refractivity contribution in [2.24, 2.45) is 0 Å². The summed E-state index contributed by atoms with van der Waals surface area (Å²) in [7, 11) is 1.92. The van der Waals surface area contributed by atoms with Gasteiger partial charge in [0, 0.05) is 18.4 Å². The lowest BCUT2D eigenvalue weighted by Crippen LogP contribution is -2.31. The zero-order valence-corrected chi connectivity index (χ0v) is 17.0. The number of aryl methyl sites for hydroxylation is 2. The van der Waals surface area contributed by atoms with Crippen molar-refractivity contribution in [2.45, 2.75) is 52.4 Å². The van der Waals surface area contributed by atoms with Crippen LogP contribution in [0.25, 0.3) is 0 Å². The lowest BCUT2D eigenvalue weighted by atomic mass is 10.1. The molecule has 0 aliphatic carbocycles. The summed E-state index contributed by atoms with van der Waals surface area (Å²) in [6.45, 7) is 4.43. The summed E-state index contributed by atoms with van der Waals surface area (Å²) < 4.78 is 0. The van der Waals surface area contributed by atoms with Gasteiger partial charge in [0.15, 0.2) is 5.96 Å². The van der Waals surface area contributed by atoms with Crippen LogP contribution in [0.15, 0.2) is 48.5 Å². The summed E-state index contributed by atoms with van der Waals surface area (Å²) in [6, 6.07) is 16.9. The first-order valence-electron chi connectivity index (χ1n) is 9.41. The van der Waals surface area contributed by atoms with E-state index in [4.69, 9.17) is 5.41 Å². The fourth-order valence-corrected chi connectivity index (χ4v) is 2.75. The van der Waals surface area contributed by atoms with E-state index in [0.29, 0.717) is 5.96 Å². The van der Waals surface area contributed by atoms with Gasteiger partial charge in [0.25, 0.3) is 0 Å². The van der Waals surface area contributed by atoms with Crippen LogP contribution < -0.4 is 10.2 Å². The van der Waals surface area contributed by atoms with Gasteiger partial charge >= 0.3 is 0 Å². The summed E-state index contributed by atoms with van der Waals surface area (Å²) in [5.41, 5.74) is 4.70. The minimum Gasteiger partial charge on any atom is -0.326 e. The highest BCUT2D eigenvalue weighted by molar-refractivity contribution is 6.02. The van der Waals surface area contributed by atoms with Gasteiger partial charge in [-0.05, 0) is 61.1 Å². The van der Waals surface area contributed by atoms with Gasteiger partial charge in [-0.2, -0.15) is 0 Å². The minimum absolute atomic E-state index is 0. The van der Waals surface area contributed by atoms with Crippen LogP contribution in [0.2, 0.25) is 0 Å². The quantitative estimate of drug-likeness (QED) is 0.422. The van der Waals surface area contributed by atoms with Crippen molar-refractivity contribution >= 4 is 29.7 Å². The van der Waals surface area contributed by atoms with E-state index < -0.39 is 0 Å². The number of nitrogens with one attached hydrogen (secondary N) is 2. The molecule has 0 fully saturated rings. The van der Waals surface area contributed by atoms with E-state index in [9.17, 15) is 0 Å². The molecule has 0 saturated heterocycles. The number of halogens is 1. The van der Waals surface area contributed by atoms with E-state index in [0.717, 1.165) is 24.2 Å². The number of benzene rings is 2. The van der Waals surface area contributed by atoms with Crippen molar-refractivity contribution in [3.63, 3.8) is 0 Å². The van der Waals surface area contributed by atoms with E-state index in [-0.39, 0.29) is 12.4 Å². The van der Waals surface area contributed by atoms with Gasteiger partial charge in [0.1, 0.15) is 0 Å². The van der Waals surface area contributed by atoms with Crippen molar-refractivity contribution in [1.82, 2.24) is 0 Å². The fraction of sp³-hybridized carbons (Fsp3) is 0.409. The van der Waals surface area contributed by atoms with E-state index in [1.165, 1.54) is 36.8 Å². The second-order valence-electron chi connectivity index (χ2n) is 6.60. The first kappa shape index (κ1) is 22.0. The van der Waals surface area contributed by atoms with Gasteiger partial charge < -0.3 is 10.2 Å². The molecule has 0 radical (unpaired) electrons. The zero-order chi connectivity index (χ0) is 18.1. The molecule has 0 spiro atoms. The SMILES string of the molecule is CCCCc1ccc(NC(=N)N(C)c2ccc(CCCC)cc2)cc1.Cl. The molecule has 26 heavy (non-hydrogen) atoms. The molecule has 0 saturated carbocycles. The smallest absolute Gasteiger partial charge is 0.199 e. The predicted octanol–water partition coefficient (Wildman–Crippen LogP) is 6.28. The van der Waals surface area contributed by atoms with Crippen molar-refractivity contribution in [3.8, 4) is 0 Å². The zero-order valence-electron chi connectivity index (χ0n) is 16.2. The number of rotatable bonds is 8. The maximum atomic E-state index is 8.31. The first-order valence-corrected chi connectivity index (χ1v) is 9.41. The third-order valence-electron chi connectivity index (χ3n) is 4.51. The summed E-state index contributed by atoms with van der Waals surface area (Å²) in [5, 5.41) is 11.5. The average molecular weight is 374 g/mol. The number of hydrogen-bond donors (Lipinski definition) is 2. The fourth-order valence-electron chi connectivity index (χ4n) is 2.75.